The number of hydrogen-bond acceptors (Lipinski definition) is 3. The van der Waals surface area contributed by atoms with Crippen molar-refractivity contribution in [3.63, 3.8) is 0 Å². The zero-order valence-corrected chi connectivity index (χ0v) is 8.93. The first-order valence-electron chi connectivity index (χ1n) is 4.59. The standard InChI is InChI=1S/C10H16N2O3/c1-4-5-12(6-8(13)14)10(15)9(11)7(2)3/h1,7,9H,5-6,11H2,2-3H3,(H,13,14)/t9-/m1/s1. The van der Waals surface area contributed by atoms with E-state index in [9.17, 15) is 9.59 Å². The highest BCUT2D eigenvalue weighted by Gasteiger charge is 2.24. The number of carbonyl (C=O) groups excluding carboxylic acids is 1. The van der Waals surface area contributed by atoms with E-state index in [-0.39, 0.29) is 12.5 Å². The zero-order chi connectivity index (χ0) is 12.0. The molecule has 3 N–H and O–H groups in total. The number of nitrogens with two attached hydrogens (primary N) is 1. The first-order valence-corrected chi connectivity index (χ1v) is 4.59. The van der Waals surface area contributed by atoms with Crippen LogP contribution in [0.2, 0.25) is 0 Å². The summed E-state index contributed by atoms with van der Waals surface area (Å²) in [5, 5.41) is 8.58. The maximum atomic E-state index is 11.7. The monoisotopic (exact) mass is 212 g/mol. The molecule has 0 fully saturated rings. The Morgan fingerprint density at radius 2 is 2.07 bits per heavy atom. The van der Waals surface area contributed by atoms with Crippen molar-refractivity contribution in [3.8, 4) is 12.3 Å². The first kappa shape index (κ1) is 13.5. The van der Waals surface area contributed by atoms with Gasteiger partial charge in [0.1, 0.15) is 6.54 Å². The van der Waals surface area contributed by atoms with Crippen molar-refractivity contribution in [3.05, 3.63) is 0 Å². The third kappa shape index (κ3) is 4.47. The number of carboxylic acid groups (broad SMARTS) is 1. The van der Waals surface area contributed by atoms with Gasteiger partial charge in [-0.3, -0.25) is 9.59 Å². The lowest BCUT2D eigenvalue weighted by molar-refractivity contribution is -0.144. The molecule has 0 unspecified atom stereocenters. The molecule has 1 atom stereocenters. The van der Waals surface area contributed by atoms with Gasteiger partial charge in [-0.15, -0.1) is 6.42 Å². The van der Waals surface area contributed by atoms with Gasteiger partial charge in [-0.25, -0.2) is 0 Å². The number of carbonyl (C=O) groups is 2. The van der Waals surface area contributed by atoms with Crippen LogP contribution in [0.25, 0.3) is 0 Å². The molecule has 0 heterocycles. The summed E-state index contributed by atoms with van der Waals surface area (Å²) in [6, 6.07) is -0.710. The molecular formula is C10H16N2O3. The highest BCUT2D eigenvalue weighted by molar-refractivity contribution is 5.85. The van der Waals surface area contributed by atoms with E-state index in [0.29, 0.717) is 0 Å². The minimum Gasteiger partial charge on any atom is -0.480 e. The van der Waals surface area contributed by atoms with Crippen LogP contribution in [-0.2, 0) is 9.59 Å². The van der Waals surface area contributed by atoms with Crippen molar-refractivity contribution in [2.45, 2.75) is 19.9 Å². The molecule has 0 aromatic rings. The molecule has 0 aliphatic rings. The van der Waals surface area contributed by atoms with Gasteiger partial charge in [0, 0.05) is 0 Å². The summed E-state index contributed by atoms with van der Waals surface area (Å²) in [7, 11) is 0. The van der Waals surface area contributed by atoms with Crippen molar-refractivity contribution in [2.75, 3.05) is 13.1 Å². The van der Waals surface area contributed by atoms with Crippen LogP contribution in [0.1, 0.15) is 13.8 Å². The van der Waals surface area contributed by atoms with Gasteiger partial charge in [-0.05, 0) is 5.92 Å². The molecule has 15 heavy (non-hydrogen) atoms. The van der Waals surface area contributed by atoms with Crippen LogP contribution in [0.4, 0.5) is 0 Å². The van der Waals surface area contributed by atoms with Crippen LogP contribution < -0.4 is 5.73 Å². The van der Waals surface area contributed by atoms with Gasteiger partial charge in [0.2, 0.25) is 5.91 Å². The van der Waals surface area contributed by atoms with Crippen LogP contribution in [0.5, 0.6) is 0 Å². The summed E-state index contributed by atoms with van der Waals surface area (Å²) in [4.78, 5) is 23.2. The highest BCUT2D eigenvalue weighted by atomic mass is 16.4. The van der Waals surface area contributed by atoms with Crippen molar-refractivity contribution in [1.82, 2.24) is 4.90 Å². The Kier molecular flexibility index (Phi) is 5.42. The molecule has 0 spiro atoms. The lowest BCUT2D eigenvalue weighted by atomic mass is 10.0. The summed E-state index contributed by atoms with van der Waals surface area (Å²) in [6.07, 6.45) is 5.04. The van der Waals surface area contributed by atoms with Crippen LogP contribution in [0.3, 0.4) is 0 Å². The normalized spacial score (nSPS) is 11.9. The Morgan fingerprint density at radius 1 is 1.53 bits per heavy atom. The average Bonchev–Trinajstić information content (AvgIpc) is 2.14. The second-order valence-corrected chi connectivity index (χ2v) is 3.56. The predicted octanol–water partition coefficient (Wildman–Crippen LogP) is -0.484. The van der Waals surface area contributed by atoms with Crippen molar-refractivity contribution in [1.29, 1.82) is 0 Å². The Bertz CT molecular complexity index is 281. The number of carboxylic acids is 1. The van der Waals surface area contributed by atoms with E-state index >= 15 is 0 Å². The number of rotatable bonds is 5. The van der Waals surface area contributed by atoms with Crippen LogP contribution in [-0.4, -0.2) is 41.0 Å². The van der Waals surface area contributed by atoms with E-state index < -0.39 is 24.5 Å². The summed E-state index contributed by atoms with van der Waals surface area (Å²) < 4.78 is 0. The van der Waals surface area contributed by atoms with E-state index in [1.807, 2.05) is 0 Å². The molecular weight excluding hydrogens is 196 g/mol. The van der Waals surface area contributed by atoms with Gasteiger partial charge in [0.25, 0.3) is 0 Å². The van der Waals surface area contributed by atoms with Gasteiger partial charge in [0.05, 0.1) is 12.6 Å². The smallest absolute Gasteiger partial charge is 0.323 e. The zero-order valence-electron chi connectivity index (χ0n) is 8.93. The number of aliphatic carboxylic acids is 1. The van der Waals surface area contributed by atoms with E-state index in [4.69, 9.17) is 17.3 Å². The largest absolute Gasteiger partial charge is 0.480 e. The molecule has 5 heteroatoms. The number of terminal acetylenes is 1. The van der Waals surface area contributed by atoms with Gasteiger partial charge >= 0.3 is 5.97 Å². The van der Waals surface area contributed by atoms with Gasteiger partial charge in [-0.1, -0.05) is 19.8 Å². The third-order valence-electron chi connectivity index (χ3n) is 1.92. The number of nitrogens with zero attached hydrogens (tertiary/aromatic N) is 1. The molecule has 0 aliphatic heterocycles. The molecule has 0 aromatic heterocycles. The number of hydrogen-bond donors (Lipinski definition) is 2. The second kappa shape index (κ2) is 6.04. The Labute approximate surface area is 89.2 Å². The van der Waals surface area contributed by atoms with Gasteiger partial charge < -0.3 is 15.7 Å². The summed E-state index contributed by atoms with van der Waals surface area (Å²) in [5.41, 5.74) is 5.61. The van der Waals surface area contributed by atoms with Crippen LogP contribution in [0.15, 0.2) is 0 Å². The van der Waals surface area contributed by atoms with Gasteiger partial charge in [0.15, 0.2) is 0 Å². The highest BCUT2D eigenvalue weighted by Crippen LogP contribution is 2.03. The Morgan fingerprint density at radius 3 is 2.40 bits per heavy atom. The molecule has 0 bridgehead atoms. The van der Waals surface area contributed by atoms with E-state index in [0.717, 1.165) is 4.90 Å². The van der Waals surface area contributed by atoms with Crippen molar-refractivity contribution in [2.24, 2.45) is 11.7 Å². The Hall–Kier alpha value is -1.54. The topological polar surface area (TPSA) is 83.6 Å². The summed E-state index contributed by atoms with van der Waals surface area (Å²) in [6.45, 7) is 3.13. The lowest BCUT2D eigenvalue weighted by Crippen LogP contribution is -2.48. The Balaban J connectivity index is 4.55. The fourth-order valence-electron chi connectivity index (χ4n) is 0.981. The fraction of sp³-hybridized carbons (Fsp3) is 0.600. The molecule has 0 radical (unpaired) electrons. The van der Waals surface area contributed by atoms with E-state index in [2.05, 4.69) is 5.92 Å². The predicted molar refractivity (Wildman–Crippen MR) is 55.9 cm³/mol. The SMILES string of the molecule is C#CCN(CC(=O)O)C(=O)[C@H](N)C(C)C. The average molecular weight is 212 g/mol. The molecule has 0 saturated carbocycles. The minimum atomic E-state index is -1.10. The molecule has 0 saturated heterocycles. The van der Waals surface area contributed by atoms with Crippen molar-refractivity contribution >= 4 is 11.9 Å². The molecule has 0 aromatic carbocycles. The molecule has 0 rings (SSSR count). The maximum Gasteiger partial charge on any atom is 0.323 e. The molecule has 1 amide bonds. The summed E-state index contributed by atoms with van der Waals surface area (Å²) in [5.74, 6) is 0.657. The first-order chi connectivity index (χ1) is 6.90. The minimum absolute atomic E-state index is 0.0362. The number of amides is 1. The quantitative estimate of drug-likeness (QED) is 0.603. The lowest BCUT2D eigenvalue weighted by Gasteiger charge is -2.23. The third-order valence-corrected chi connectivity index (χ3v) is 1.92. The summed E-state index contributed by atoms with van der Waals surface area (Å²) >= 11 is 0. The van der Waals surface area contributed by atoms with Gasteiger partial charge in [-0.2, -0.15) is 0 Å². The maximum absolute atomic E-state index is 11.7. The van der Waals surface area contributed by atoms with Crippen LogP contribution in [0, 0.1) is 18.3 Å². The van der Waals surface area contributed by atoms with E-state index in [1.54, 1.807) is 13.8 Å². The van der Waals surface area contributed by atoms with Crippen LogP contribution >= 0.6 is 0 Å². The van der Waals surface area contributed by atoms with E-state index in [1.165, 1.54) is 0 Å². The molecule has 0 aliphatic carbocycles. The fourth-order valence-corrected chi connectivity index (χ4v) is 0.981. The molecule has 84 valence electrons. The second-order valence-electron chi connectivity index (χ2n) is 3.56. The van der Waals surface area contributed by atoms with Crippen molar-refractivity contribution < 1.29 is 14.7 Å². The molecule has 5 nitrogen and oxygen atoms in total.